The van der Waals surface area contributed by atoms with Crippen molar-refractivity contribution in [2.24, 2.45) is 7.05 Å². The van der Waals surface area contributed by atoms with Gasteiger partial charge in [-0.25, -0.2) is 0 Å². The van der Waals surface area contributed by atoms with Gasteiger partial charge in [0.15, 0.2) is 0 Å². The summed E-state index contributed by atoms with van der Waals surface area (Å²) in [5.74, 6) is 0. The number of hydrogen-bond acceptors (Lipinski definition) is 3. The van der Waals surface area contributed by atoms with Crippen LogP contribution in [0.5, 0.6) is 0 Å². The molecule has 2 heterocycles. The van der Waals surface area contributed by atoms with E-state index in [1.165, 1.54) is 0 Å². The van der Waals surface area contributed by atoms with Gasteiger partial charge in [0.05, 0.1) is 11.2 Å². The van der Waals surface area contributed by atoms with Crippen LogP contribution in [0.4, 0.5) is 0 Å². The molecule has 1 aromatic rings. The Kier molecular flexibility index (Phi) is 3.81. The van der Waals surface area contributed by atoms with Gasteiger partial charge in [-0.1, -0.05) is 0 Å². The first-order valence-corrected chi connectivity index (χ1v) is 5.54. The Labute approximate surface area is 98.1 Å². The average Bonchev–Trinajstić information content (AvgIpc) is 2.59. The van der Waals surface area contributed by atoms with Crippen molar-refractivity contribution in [1.82, 2.24) is 9.78 Å². The lowest BCUT2D eigenvalue weighted by molar-refractivity contribution is 0.00578. The van der Waals surface area contributed by atoms with Crippen LogP contribution >= 0.6 is 0 Å². The summed E-state index contributed by atoms with van der Waals surface area (Å²) in [6.45, 7) is 10.1. The summed E-state index contributed by atoms with van der Waals surface area (Å²) in [6, 6.07) is 1.89. The number of aryl methyl sites for hydroxylation is 1. The maximum absolute atomic E-state index is 5.54. The average molecular weight is 224 g/mol. The Morgan fingerprint density at radius 2 is 1.62 bits per heavy atom. The zero-order chi connectivity index (χ0) is 12.4. The molecule has 1 fully saturated rings. The summed E-state index contributed by atoms with van der Waals surface area (Å²) in [5, 5.41) is 3.83. The quantitative estimate of drug-likeness (QED) is 0.633. The first kappa shape index (κ1) is 13.3. The number of nitrogens with zero attached hydrogens (tertiary/aromatic N) is 2. The summed E-state index contributed by atoms with van der Waals surface area (Å²) in [6.07, 6.45) is 3.64. The standard InChI is InChI=1S/C7H15BO2.C4H6N2/c1-6(2)7(3,4)10-8(5)9-6;1-6-4-2-3-5-6/h1-5H3;2-4H,1H3. The van der Waals surface area contributed by atoms with Crippen LogP contribution in [0.1, 0.15) is 27.7 Å². The van der Waals surface area contributed by atoms with Crippen molar-refractivity contribution in [3.63, 3.8) is 0 Å². The summed E-state index contributed by atoms with van der Waals surface area (Å²) >= 11 is 0. The second-order valence-electron chi connectivity index (χ2n) is 5.00. The van der Waals surface area contributed by atoms with E-state index in [1.54, 1.807) is 10.9 Å². The van der Waals surface area contributed by atoms with E-state index < -0.39 is 0 Å². The molecule has 1 aliphatic rings. The molecular formula is C11H21BN2O2. The summed E-state index contributed by atoms with van der Waals surface area (Å²) in [4.78, 5) is 0. The summed E-state index contributed by atoms with van der Waals surface area (Å²) in [7, 11) is 1.82. The van der Waals surface area contributed by atoms with Gasteiger partial charge in [0.2, 0.25) is 0 Å². The van der Waals surface area contributed by atoms with Gasteiger partial charge in [-0.2, -0.15) is 5.10 Å². The first-order valence-electron chi connectivity index (χ1n) is 5.54. The third-order valence-corrected chi connectivity index (χ3v) is 3.01. The molecule has 0 atom stereocenters. The van der Waals surface area contributed by atoms with E-state index >= 15 is 0 Å². The highest BCUT2D eigenvalue weighted by Gasteiger charge is 2.48. The van der Waals surface area contributed by atoms with E-state index in [1.807, 2.05) is 26.1 Å². The van der Waals surface area contributed by atoms with Gasteiger partial charge in [0.1, 0.15) is 0 Å². The van der Waals surface area contributed by atoms with Gasteiger partial charge < -0.3 is 9.31 Å². The fourth-order valence-electron chi connectivity index (χ4n) is 1.48. The SMILES string of the molecule is CB1OC(C)(C)C(C)(C)O1.Cn1cccn1. The molecule has 4 nitrogen and oxygen atoms in total. The van der Waals surface area contributed by atoms with E-state index in [-0.39, 0.29) is 18.3 Å². The van der Waals surface area contributed by atoms with Crippen molar-refractivity contribution in [2.75, 3.05) is 0 Å². The molecule has 0 aliphatic carbocycles. The topological polar surface area (TPSA) is 36.3 Å². The molecule has 1 aliphatic heterocycles. The van der Waals surface area contributed by atoms with Gasteiger partial charge in [-0.05, 0) is 40.6 Å². The summed E-state index contributed by atoms with van der Waals surface area (Å²) in [5.41, 5.74) is -0.321. The predicted molar refractivity (Wildman–Crippen MR) is 65.2 cm³/mol. The van der Waals surface area contributed by atoms with E-state index in [4.69, 9.17) is 9.31 Å². The number of aromatic nitrogens is 2. The van der Waals surface area contributed by atoms with E-state index in [2.05, 4.69) is 32.8 Å². The van der Waals surface area contributed by atoms with Crippen LogP contribution < -0.4 is 0 Å². The van der Waals surface area contributed by atoms with E-state index in [9.17, 15) is 0 Å². The van der Waals surface area contributed by atoms with Crippen LogP contribution in [0.2, 0.25) is 6.82 Å². The molecule has 2 rings (SSSR count). The molecule has 90 valence electrons. The van der Waals surface area contributed by atoms with Crippen molar-refractivity contribution >= 4 is 7.12 Å². The summed E-state index contributed by atoms with van der Waals surface area (Å²) < 4.78 is 12.8. The Morgan fingerprint density at radius 1 is 1.12 bits per heavy atom. The Morgan fingerprint density at radius 3 is 1.75 bits per heavy atom. The van der Waals surface area contributed by atoms with Gasteiger partial charge >= 0.3 is 7.12 Å². The second kappa shape index (κ2) is 4.59. The van der Waals surface area contributed by atoms with Gasteiger partial charge in [0.25, 0.3) is 0 Å². The lowest BCUT2D eigenvalue weighted by Gasteiger charge is -2.32. The van der Waals surface area contributed by atoms with Crippen LogP contribution in [0.15, 0.2) is 18.5 Å². The third kappa shape index (κ3) is 3.09. The minimum absolute atomic E-state index is 0.0648. The van der Waals surface area contributed by atoms with Crippen molar-refractivity contribution in [1.29, 1.82) is 0 Å². The molecular weight excluding hydrogens is 203 g/mol. The van der Waals surface area contributed by atoms with Gasteiger partial charge in [-0.3, -0.25) is 4.68 Å². The van der Waals surface area contributed by atoms with Crippen molar-refractivity contribution in [2.45, 2.75) is 45.7 Å². The molecule has 1 saturated heterocycles. The van der Waals surface area contributed by atoms with Gasteiger partial charge in [0, 0.05) is 19.4 Å². The molecule has 0 radical (unpaired) electrons. The molecule has 0 N–H and O–H groups in total. The molecule has 0 unspecified atom stereocenters. The first-order chi connectivity index (χ1) is 7.24. The third-order valence-electron chi connectivity index (χ3n) is 3.01. The predicted octanol–water partition coefficient (Wildman–Crippen LogP) is 2.13. The Balaban J connectivity index is 0.000000181. The molecule has 5 heteroatoms. The second-order valence-corrected chi connectivity index (χ2v) is 5.00. The highest BCUT2D eigenvalue weighted by atomic mass is 16.7. The van der Waals surface area contributed by atoms with Gasteiger partial charge in [-0.15, -0.1) is 0 Å². The Bertz CT molecular complexity index is 307. The normalized spacial score (nSPS) is 21.5. The van der Waals surface area contributed by atoms with Crippen molar-refractivity contribution in [3.05, 3.63) is 18.5 Å². The van der Waals surface area contributed by atoms with E-state index in [0.717, 1.165) is 0 Å². The zero-order valence-corrected chi connectivity index (χ0v) is 11.0. The molecule has 0 bridgehead atoms. The Hall–Kier alpha value is -0.805. The van der Waals surface area contributed by atoms with E-state index in [0.29, 0.717) is 0 Å². The number of hydrogen-bond donors (Lipinski definition) is 0. The smallest absolute Gasteiger partial charge is 0.403 e. The largest absolute Gasteiger partial charge is 0.454 e. The highest BCUT2D eigenvalue weighted by Crippen LogP contribution is 2.36. The maximum Gasteiger partial charge on any atom is 0.454 e. The lowest BCUT2D eigenvalue weighted by atomic mass is 9.90. The van der Waals surface area contributed by atoms with Crippen LogP contribution in [-0.4, -0.2) is 28.1 Å². The molecule has 0 spiro atoms. The van der Waals surface area contributed by atoms with Crippen molar-refractivity contribution in [3.8, 4) is 0 Å². The molecule has 0 aromatic carbocycles. The maximum atomic E-state index is 5.54. The molecule has 1 aromatic heterocycles. The number of rotatable bonds is 0. The van der Waals surface area contributed by atoms with Crippen LogP contribution in [0.3, 0.4) is 0 Å². The molecule has 16 heavy (non-hydrogen) atoms. The molecule has 0 saturated carbocycles. The van der Waals surface area contributed by atoms with Crippen LogP contribution in [-0.2, 0) is 16.4 Å². The van der Waals surface area contributed by atoms with Crippen molar-refractivity contribution < 1.29 is 9.31 Å². The zero-order valence-electron chi connectivity index (χ0n) is 11.0. The fraction of sp³-hybridized carbons (Fsp3) is 0.727. The minimum atomic E-state index is -0.160. The minimum Gasteiger partial charge on any atom is -0.403 e. The monoisotopic (exact) mass is 224 g/mol. The molecule has 0 amide bonds. The lowest BCUT2D eigenvalue weighted by Crippen LogP contribution is -2.41. The van der Waals surface area contributed by atoms with Crippen LogP contribution in [0.25, 0.3) is 0 Å². The fourth-order valence-corrected chi connectivity index (χ4v) is 1.48. The highest BCUT2D eigenvalue weighted by molar-refractivity contribution is 6.43. The van der Waals surface area contributed by atoms with Crippen LogP contribution in [0, 0.1) is 0 Å².